The smallest absolute Gasteiger partial charge is 0.171 e. The van der Waals surface area contributed by atoms with Crippen LogP contribution in [0.5, 0.6) is 0 Å². The van der Waals surface area contributed by atoms with E-state index in [1.807, 2.05) is 0 Å². The molecule has 1 aliphatic carbocycles. The molecule has 0 aromatic heterocycles. The van der Waals surface area contributed by atoms with Gasteiger partial charge in [-0.2, -0.15) is 0 Å². The van der Waals surface area contributed by atoms with Gasteiger partial charge in [-0.15, -0.1) is 0 Å². The Hall–Kier alpha value is -1.09. The van der Waals surface area contributed by atoms with Crippen LogP contribution in [0, 0.1) is 0 Å². The first-order chi connectivity index (χ1) is 9.70. The highest BCUT2D eigenvalue weighted by Crippen LogP contribution is 2.26. The van der Waals surface area contributed by atoms with E-state index < -0.39 is 0 Å². The summed E-state index contributed by atoms with van der Waals surface area (Å²) < 4.78 is 0. The van der Waals surface area contributed by atoms with Crippen LogP contribution in [0.15, 0.2) is 24.3 Å². The molecule has 0 radical (unpaired) electrons. The van der Waals surface area contributed by atoms with E-state index in [1.54, 1.807) is 0 Å². The van der Waals surface area contributed by atoms with E-state index in [0.29, 0.717) is 12.0 Å². The molecule has 3 heteroatoms. The average molecular weight is 290 g/mol. The van der Waals surface area contributed by atoms with E-state index in [2.05, 4.69) is 48.7 Å². The van der Waals surface area contributed by atoms with E-state index in [1.165, 1.54) is 37.7 Å². The van der Waals surface area contributed by atoms with Crippen molar-refractivity contribution in [3.8, 4) is 0 Å². The van der Waals surface area contributed by atoms with Gasteiger partial charge in [-0.3, -0.25) is 0 Å². The molecule has 1 aromatic rings. The van der Waals surface area contributed by atoms with Gasteiger partial charge in [0, 0.05) is 11.7 Å². The molecular formula is C17H26N2S. The molecule has 1 fully saturated rings. The Morgan fingerprint density at radius 3 is 2.65 bits per heavy atom. The molecule has 0 bridgehead atoms. The third-order valence-electron chi connectivity index (χ3n) is 4.29. The predicted molar refractivity (Wildman–Crippen MR) is 91.4 cm³/mol. The molecule has 2 rings (SSSR count). The summed E-state index contributed by atoms with van der Waals surface area (Å²) >= 11 is 5.48. The summed E-state index contributed by atoms with van der Waals surface area (Å²) in [7, 11) is 0. The maximum Gasteiger partial charge on any atom is 0.171 e. The number of hydrogen-bond donors (Lipinski definition) is 2. The SMILES string of the molecule is CCC(C)c1ccccc1NC(=S)NC1CCCCC1. The number of thiocarbonyl (C=S) groups is 1. The minimum atomic E-state index is 0.552. The van der Waals surface area contributed by atoms with Crippen molar-refractivity contribution < 1.29 is 0 Å². The Balaban J connectivity index is 1.96. The molecule has 1 saturated carbocycles. The lowest BCUT2D eigenvalue weighted by Gasteiger charge is -2.25. The van der Waals surface area contributed by atoms with Crippen molar-refractivity contribution in [2.24, 2.45) is 0 Å². The van der Waals surface area contributed by atoms with Crippen molar-refractivity contribution in [3.05, 3.63) is 29.8 Å². The Kier molecular flexibility index (Phi) is 5.84. The van der Waals surface area contributed by atoms with Gasteiger partial charge < -0.3 is 10.6 Å². The van der Waals surface area contributed by atoms with Gasteiger partial charge in [0.1, 0.15) is 0 Å². The number of rotatable bonds is 4. The highest BCUT2D eigenvalue weighted by atomic mass is 32.1. The first-order valence-corrected chi connectivity index (χ1v) is 8.28. The second-order valence-electron chi connectivity index (χ2n) is 5.83. The van der Waals surface area contributed by atoms with E-state index >= 15 is 0 Å². The summed E-state index contributed by atoms with van der Waals surface area (Å²) in [4.78, 5) is 0. The quantitative estimate of drug-likeness (QED) is 0.777. The molecule has 1 atom stereocenters. The van der Waals surface area contributed by atoms with Crippen molar-refractivity contribution >= 4 is 23.0 Å². The molecule has 0 heterocycles. The average Bonchev–Trinajstić information content (AvgIpc) is 2.48. The number of hydrogen-bond acceptors (Lipinski definition) is 1. The largest absolute Gasteiger partial charge is 0.360 e. The molecule has 110 valence electrons. The molecule has 1 unspecified atom stereocenters. The molecular weight excluding hydrogens is 264 g/mol. The zero-order chi connectivity index (χ0) is 14.4. The van der Waals surface area contributed by atoms with Gasteiger partial charge >= 0.3 is 0 Å². The Bertz CT molecular complexity index is 438. The molecule has 0 saturated heterocycles. The van der Waals surface area contributed by atoms with Crippen LogP contribution < -0.4 is 10.6 Å². The lowest BCUT2D eigenvalue weighted by Crippen LogP contribution is -2.39. The monoisotopic (exact) mass is 290 g/mol. The number of anilines is 1. The maximum absolute atomic E-state index is 5.48. The summed E-state index contributed by atoms with van der Waals surface area (Å²) in [5.74, 6) is 0.552. The van der Waals surface area contributed by atoms with Gasteiger partial charge in [-0.1, -0.05) is 51.3 Å². The highest BCUT2D eigenvalue weighted by Gasteiger charge is 2.15. The molecule has 2 N–H and O–H groups in total. The number of benzene rings is 1. The maximum atomic E-state index is 5.48. The van der Waals surface area contributed by atoms with Crippen LogP contribution >= 0.6 is 12.2 Å². The van der Waals surface area contributed by atoms with E-state index in [9.17, 15) is 0 Å². The fourth-order valence-electron chi connectivity index (χ4n) is 2.85. The zero-order valence-corrected chi connectivity index (χ0v) is 13.4. The first kappa shape index (κ1) is 15.3. The van der Waals surface area contributed by atoms with Gasteiger partial charge in [-0.25, -0.2) is 0 Å². The van der Waals surface area contributed by atoms with Gasteiger partial charge in [-0.05, 0) is 49.0 Å². The molecule has 1 aromatic carbocycles. The predicted octanol–water partition coefficient (Wildman–Crippen LogP) is 4.82. The number of nitrogens with one attached hydrogen (secondary N) is 2. The van der Waals surface area contributed by atoms with Crippen LogP contribution in [0.4, 0.5) is 5.69 Å². The molecule has 0 amide bonds. The summed E-state index contributed by atoms with van der Waals surface area (Å²) in [6.45, 7) is 4.48. The fraction of sp³-hybridized carbons (Fsp3) is 0.588. The van der Waals surface area contributed by atoms with E-state index in [0.717, 1.165) is 17.2 Å². The van der Waals surface area contributed by atoms with Crippen molar-refractivity contribution in [1.82, 2.24) is 5.32 Å². The van der Waals surface area contributed by atoms with Crippen molar-refractivity contribution in [2.45, 2.75) is 64.3 Å². The van der Waals surface area contributed by atoms with Gasteiger partial charge in [0.15, 0.2) is 5.11 Å². The van der Waals surface area contributed by atoms with Crippen molar-refractivity contribution in [3.63, 3.8) is 0 Å². The standard InChI is InChI=1S/C17H26N2S/c1-3-13(2)15-11-7-8-12-16(15)19-17(20)18-14-9-5-4-6-10-14/h7-8,11-14H,3-6,9-10H2,1-2H3,(H2,18,19,20). The van der Waals surface area contributed by atoms with Gasteiger partial charge in [0.25, 0.3) is 0 Å². The normalized spacial score (nSPS) is 17.5. The molecule has 0 spiro atoms. The summed E-state index contributed by atoms with van der Waals surface area (Å²) in [6.07, 6.45) is 7.65. The molecule has 20 heavy (non-hydrogen) atoms. The summed E-state index contributed by atoms with van der Waals surface area (Å²) in [6, 6.07) is 9.04. The van der Waals surface area contributed by atoms with Crippen molar-refractivity contribution in [2.75, 3.05) is 5.32 Å². The van der Waals surface area contributed by atoms with Crippen LogP contribution in [-0.4, -0.2) is 11.2 Å². The van der Waals surface area contributed by atoms with E-state index in [4.69, 9.17) is 12.2 Å². The summed E-state index contributed by atoms with van der Waals surface area (Å²) in [5.41, 5.74) is 2.50. The van der Waals surface area contributed by atoms with Gasteiger partial charge in [0.2, 0.25) is 0 Å². The molecule has 2 nitrogen and oxygen atoms in total. The Morgan fingerprint density at radius 1 is 1.25 bits per heavy atom. The van der Waals surface area contributed by atoms with Crippen LogP contribution in [0.2, 0.25) is 0 Å². The van der Waals surface area contributed by atoms with Crippen LogP contribution in [0.1, 0.15) is 63.9 Å². The Labute approximate surface area is 128 Å². The van der Waals surface area contributed by atoms with E-state index in [-0.39, 0.29) is 0 Å². The zero-order valence-electron chi connectivity index (χ0n) is 12.6. The third kappa shape index (κ3) is 4.20. The first-order valence-electron chi connectivity index (χ1n) is 7.87. The van der Waals surface area contributed by atoms with Crippen LogP contribution in [-0.2, 0) is 0 Å². The lowest BCUT2D eigenvalue weighted by atomic mass is 9.95. The second kappa shape index (κ2) is 7.63. The van der Waals surface area contributed by atoms with Gasteiger partial charge in [0.05, 0.1) is 0 Å². The topological polar surface area (TPSA) is 24.1 Å². The van der Waals surface area contributed by atoms with Crippen LogP contribution in [0.25, 0.3) is 0 Å². The minimum Gasteiger partial charge on any atom is -0.360 e. The Morgan fingerprint density at radius 2 is 1.95 bits per heavy atom. The minimum absolute atomic E-state index is 0.552. The third-order valence-corrected chi connectivity index (χ3v) is 4.51. The van der Waals surface area contributed by atoms with Crippen molar-refractivity contribution in [1.29, 1.82) is 0 Å². The van der Waals surface area contributed by atoms with Crippen LogP contribution in [0.3, 0.4) is 0 Å². The molecule has 0 aliphatic heterocycles. The second-order valence-corrected chi connectivity index (χ2v) is 6.24. The highest BCUT2D eigenvalue weighted by molar-refractivity contribution is 7.80. The number of para-hydroxylation sites is 1. The molecule has 1 aliphatic rings. The fourth-order valence-corrected chi connectivity index (χ4v) is 3.13. The summed E-state index contributed by atoms with van der Waals surface area (Å²) in [5, 5.41) is 7.64. The lowest BCUT2D eigenvalue weighted by molar-refractivity contribution is 0.415.